The number of H-pyrrole nitrogens is 2. The highest BCUT2D eigenvalue weighted by Gasteiger charge is 2.22. The zero-order valence-corrected chi connectivity index (χ0v) is 17.6. The van der Waals surface area contributed by atoms with Gasteiger partial charge in [0.15, 0.2) is 0 Å². The number of anilines is 1. The smallest absolute Gasteiger partial charge is 0.412 e. The van der Waals surface area contributed by atoms with Crippen molar-refractivity contribution in [3.8, 4) is 11.4 Å². The van der Waals surface area contributed by atoms with Crippen molar-refractivity contribution in [3.05, 3.63) is 79.5 Å². The number of rotatable bonds is 6. The van der Waals surface area contributed by atoms with Crippen LogP contribution in [0.5, 0.6) is 0 Å². The van der Waals surface area contributed by atoms with Crippen LogP contribution in [-0.4, -0.2) is 42.0 Å². The highest BCUT2D eigenvalue weighted by Crippen LogP contribution is 2.31. The van der Waals surface area contributed by atoms with Gasteiger partial charge in [-0.3, -0.25) is 20.2 Å². The first-order valence-corrected chi connectivity index (χ1v) is 9.78. The van der Waals surface area contributed by atoms with Gasteiger partial charge in [0.05, 0.1) is 33.4 Å². The molecule has 0 aliphatic heterocycles. The third kappa shape index (κ3) is 4.68. The lowest BCUT2D eigenvalue weighted by Gasteiger charge is -2.06. The third-order valence-corrected chi connectivity index (χ3v) is 4.79. The van der Waals surface area contributed by atoms with Crippen LogP contribution in [0.3, 0.4) is 0 Å². The number of carbonyl (C=O) groups is 2. The number of nitrogens with one attached hydrogen (secondary N) is 3. The number of halogens is 1. The van der Waals surface area contributed by atoms with Gasteiger partial charge >= 0.3 is 12.1 Å². The zero-order valence-electron chi connectivity index (χ0n) is 16.9. The number of aromatic amines is 2. The molecule has 0 aliphatic carbocycles. The van der Waals surface area contributed by atoms with E-state index in [4.69, 9.17) is 21.4 Å². The van der Waals surface area contributed by atoms with Gasteiger partial charge in [-0.2, -0.15) is 0 Å². The van der Waals surface area contributed by atoms with Gasteiger partial charge in [-0.15, -0.1) is 0 Å². The number of amides is 1. The molecule has 4 N–H and O–H groups in total. The molecule has 0 unspecified atom stereocenters. The van der Waals surface area contributed by atoms with Crippen molar-refractivity contribution >= 4 is 46.1 Å². The van der Waals surface area contributed by atoms with Crippen LogP contribution in [0.4, 0.5) is 16.2 Å². The SMILES string of the molecule is O=C(Nc1ccc(Cl)cc1)OCc1cnc(-c2cc3nc(C(=O)O)c(=O)[nH]c3cc2[N+](=O)[O-])[nH]1. The van der Waals surface area contributed by atoms with E-state index in [9.17, 15) is 24.5 Å². The van der Waals surface area contributed by atoms with Gasteiger partial charge in [0, 0.05) is 16.8 Å². The predicted molar refractivity (Wildman–Crippen MR) is 119 cm³/mol. The van der Waals surface area contributed by atoms with Crippen LogP contribution in [-0.2, 0) is 11.3 Å². The maximum absolute atomic E-state index is 12.0. The first-order valence-electron chi connectivity index (χ1n) is 9.40. The fraction of sp³-hybridized carbons (Fsp3) is 0.0500. The molecular weight excluding hydrogens is 472 g/mol. The number of carboxylic acids is 1. The highest BCUT2D eigenvalue weighted by atomic mass is 35.5. The molecule has 14 heteroatoms. The van der Waals surface area contributed by atoms with Gasteiger partial charge in [0.2, 0.25) is 5.69 Å². The number of nitro benzene ring substituents is 1. The van der Waals surface area contributed by atoms with E-state index in [2.05, 4.69) is 25.3 Å². The summed E-state index contributed by atoms with van der Waals surface area (Å²) in [4.78, 5) is 58.8. The summed E-state index contributed by atoms with van der Waals surface area (Å²) in [6.07, 6.45) is 0.575. The van der Waals surface area contributed by atoms with E-state index in [0.717, 1.165) is 6.07 Å². The Hall–Kier alpha value is -4.78. The average Bonchev–Trinajstić information content (AvgIpc) is 3.26. The molecule has 2 aromatic heterocycles. The number of carbonyl (C=O) groups excluding carboxylic acids is 1. The summed E-state index contributed by atoms with van der Waals surface area (Å²) in [7, 11) is 0. The number of hydrogen-bond donors (Lipinski definition) is 4. The molecule has 0 atom stereocenters. The normalized spacial score (nSPS) is 10.7. The Bertz CT molecular complexity index is 1500. The molecule has 172 valence electrons. The average molecular weight is 485 g/mol. The molecule has 4 aromatic rings. The molecule has 0 aliphatic rings. The van der Waals surface area contributed by atoms with Crippen molar-refractivity contribution in [2.75, 3.05) is 5.32 Å². The topological polar surface area (TPSA) is 193 Å². The summed E-state index contributed by atoms with van der Waals surface area (Å²) in [5.41, 5.74) is -1.37. The molecule has 0 saturated heterocycles. The standard InChI is InChI=1S/C20H13ClN6O7/c21-9-1-3-10(4-2-9)24-20(31)34-8-11-7-22-17(23-11)12-5-13-14(6-15(12)27(32)33)26-18(28)16(25-13)19(29)30/h1-7H,8H2,(H,22,23)(H,24,31)(H,26,28)(H,29,30). The van der Waals surface area contributed by atoms with Crippen LogP contribution in [0.25, 0.3) is 22.4 Å². The Kier molecular flexibility index (Phi) is 5.93. The maximum atomic E-state index is 12.0. The van der Waals surface area contributed by atoms with Gasteiger partial charge in [0.1, 0.15) is 12.4 Å². The first kappa shape index (κ1) is 22.4. The van der Waals surface area contributed by atoms with Crippen molar-refractivity contribution in [2.45, 2.75) is 6.61 Å². The second-order valence-corrected chi connectivity index (χ2v) is 7.26. The number of ether oxygens (including phenoxy) is 1. The number of hydrogen-bond acceptors (Lipinski definition) is 8. The summed E-state index contributed by atoms with van der Waals surface area (Å²) >= 11 is 5.79. The highest BCUT2D eigenvalue weighted by molar-refractivity contribution is 6.30. The number of aromatic nitrogens is 4. The van der Waals surface area contributed by atoms with Gasteiger partial charge in [-0.1, -0.05) is 11.6 Å². The lowest BCUT2D eigenvalue weighted by molar-refractivity contribution is -0.384. The van der Waals surface area contributed by atoms with Crippen molar-refractivity contribution < 1.29 is 24.4 Å². The maximum Gasteiger partial charge on any atom is 0.412 e. The number of benzene rings is 2. The minimum Gasteiger partial charge on any atom is -0.476 e. The van der Waals surface area contributed by atoms with Gasteiger partial charge in [-0.05, 0) is 30.3 Å². The molecule has 34 heavy (non-hydrogen) atoms. The van der Waals surface area contributed by atoms with E-state index in [0.29, 0.717) is 16.4 Å². The zero-order chi connectivity index (χ0) is 24.4. The summed E-state index contributed by atoms with van der Waals surface area (Å²) in [5.74, 6) is -1.49. The number of nitrogens with zero attached hydrogens (tertiary/aromatic N) is 3. The molecular formula is C20H13ClN6O7. The Labute approximate surface area is 193 Å². The molecule has 2 aromatic carbocycles. The molecule has 0 bridgehead atoms. The molecule has 0 fully saturated rings. The Morgan fingerprint density at radius 2 is 1.94 bits per heavy atom. The Balaban J connectivity index is 1.58. The quantitative estimate of drug-likeness (QED) is 0.234. The number of fused-ring (bicyclic) bond motifs is 1. The van der Waals surface area contributed by atoms with Gasteiger partial charge in [0.25, 0.3) is 11.2 Å². The molecule has 0 spiro atoms. The second-order valence-electron chi connectivity index (χ2n) is 6.83. The molecule has 1 amide bonds. The third-order valence-electron chi connectivity index (χ3n) is 4.54. The van der Waals surface area contributed by atoms with Crippen LogP contribution in [0, 0.1) is 10.1 Å². The van der Waals surface area contributed by atoms with Crippen molar-refractivity contribution in [1.82, 2.24) is 19.9 Å². The fourth-order valence-corrected chi connectivity index (χ4v) is 3.13. The number of aromatic carboxylic acids is 1. The van der Waals surface area contributed by atoms with Crippen LogP contribution < -0.4 is 10.9 Å². The monoisotopic (exact) mass is 484 g/mol. The summed E-state index contributed by atoms with van der Waals surface area (Å²) in [6, 6.07) is 8.66. The number of carboxylic acid groups (broad SMARTS) is 1. The first-order chi connectivity index (χ1) is 16.2. The van der Waals surface area contributed by atoms with Gasteiger partial charge in [-0.25, -0.2) is 19.6 Å². The number of imidazole rings is 1. The number of nitro groups is 1. The second kappa shape index (κ2) is 8.99. The largest absolute Gasteiger partial charge is 0.476 e. The minimum absolute atomic E-state index is 0.00847. The Morgan fingerprint density at radius 3 is 2.62 bits per heavy atom. The fourth-order valence-electron chi connectivity index (χ4n) is 3.01. The van der Waals surface area contributed by atoms with Crippen LogP contribution in [0.15, 0.2) is 47.4 Å². The molecule has 0 radical (unpaired) electrons. The van der Waals surface area contributed by atoms with E-state index in [1.54, 1.807) is 24.3 Å². The molecule has 0 saturated carbocycles. The van der Waals surface area contributed by atoms with E-state index in [1.807, 2.05) is 0 Å². The summed E-state index contributed by atoms with van der Waals surface area (Å²) in [6.45, 7) is -0.220. The summed E-state index contributed by atoms with van der Waals surface area (Å²) < 4.78 is 5.11. The molecule has 2 heterocycles. The minimum atomic E-state index is -1.54. The lowest BCUT2D eigenvalue weighted by Crippen LogP contribution is -2.19. The van der Waals surface area contributed by atoms with E-state index in [1.165, 1.54) is 12.3 Å². The molecule has 4 rings (SSSR count). The van der Waals surface area contributed by atoms with Gasteiger partial charge < -0.3 is 19.8 Å². The van der Waals surface area contributed by atoms with Crippen LogP contribution in [0.2, 0.25) is 5.02 Å². The summed E-state index contributed by atoms with van der Waals surface area (Å²) in [5, 5.41) is 23.7. The van der Waals surface area contributed by atoms with E-state index in [-0.39, 0.29) is 29.0 Å². The lowest BCUT2D eigenvalue weighted by atomic mass is 10.1. The van der Waals surface area contributed by atoms with E-state index < -0.39 is 33.9 Å². The van der Waals surface area contributed by atoms with E-state index >= 15 is 0 Å². The predicted octanol–water partition coefficient (Wildman–Crippen LogP) is 3.32. The van der Waals surface area contributed by atoms with Crippen molar-refractivity contribution in [3.63, 3.8) is 0 Å². The van der Waals surface area contributed by atoms with Crippen molar-refractivity contribution in [2.24, 2.45) is 0 Å². The van der Waals surface area contributed by atoms with Crippen molar-refractivity contribution in [1.29, 1.82) is 0 Å². The van der Waals surface area contributed by atoms with Crippen LogP contribution >= 0.6 is 11.6 Å². The van der Waals surface area contributed by atoms with Crippen LogP contribution in [0.1, 0.15) is 16.2 Å². The Morgan fingerprint density at radius 1 is 1.21 bits per heavy atom. The molecule has 13 nitrogen and oxygen atoms in total.